The number of carbonyl (C=O) groups excluding carboxylic acids is 1. The fraction of sp³-hybridized carbons (Fsp3) is 0.429. The Morgan fingerprint density at radius 1 is 1.26 bits per heavy atom. The molecular weight excluding hydrogens is 240 g/mol. The molecule has 0 amide bonds. The van der Waals surface area contributed by atoms with Crippen molar-refractivity contribution in [1.29, 1.82) is 0 Å². The molecule has 2 rings (SSSR count). The molecule has 0 aromatic carbocycles. The van der Waals surface area contributed by atoms with Gasteiger partial charge in [-0.2, -0.15) is 15.3 Å². The molecule has 0 radical (unpaired) electrons. The van der Waals surface area contributed by atoms with Crippen LogP contribution in [0.5, 0.6) is 0 Å². The van der Waals surface area contributed by atoms with E-state index >= 15 is 0 Å². The van der Waals surface area contributed by atoms with Gasteiger partial charge in [-0.3, -0.25) is 9.48 Å². The number of rotatable bonds is 4. The summed E-state index contributed by atoms with van der Waals surface area (Å²) in [6.45, 7) is 5.69. The lowest BCUT2D eigenvalue weighted by molar-refractivity contribution is 0.0989. The Morgan fingerprint density at radius 2 is 2.00 bits per heavy atom. The maximum Gasteiger partial charge on any atom is 0.170 e. The molecule has 0 saturated carbocycles. The molecule has 0 aliphatic carbocycles. The summed E-state index contributed by atoms with van der Waals surface area (Å²) >= 11 is 0. The summed E-state index contributed by atoms with van der Waals surface area (Å²) < 4.78 is 1.77. The molecular formula is C14H18N4O. The SMILES string of the molecule is CCc1cc(CC(=O)c2cc(C)nnc2C)n(C)n1. The van der Waals surface area contributed by atoms with E-state index in [4.69, 9.17) is 0 Å². The molecule has 0 saturated heterocycles. The van der Waals surface area contributed by atoms with Crippen molar-refractivity contribution in [2.45, 2.75) is 33.6 Å². The largest absolute Gasteiger partial charge is 0.294 e. The smallest absolute Gasteiger partial charge is 0.170 e. The van der Waals surface area contributed by atoms with Gasteiger partial charge in [-0.05, 0) is 32.4 Å². The first kappa shape index (κ1) is 13.4. The summed E-state index contributed by atoms with van der Waals surface area (Å²) in [5.74, 6) is 0.0566. The van der Waals surface area contributed by atoms with Crippen LogP contribution < -0.4 is 0 Å². The van der Waals surface area contributed by atoms with Crippen LogP contribution in [0.2, 0.25) is 0 Å². The van der Waals surface area contributed by atoms with Crippen LogP contribution in [0.1, 0.15) is 40.1 Å². The second kappa shape index (κ2) is 5.30. The molecule has 0 aliphatic rings. The van der Waals surface area contributed by atoms with Crippen molar-refractivity contribution in [2.24, 2.45) is 7.05 Å². The number of aryl methyl sites for hydroxylation is 4. The number of aromatic nitrogens is 4. The van der Waals surface area contributed by atoms with Crippen LogP contribution in [-0.2, 0) is 19.9 Å². The summed E-state index contributed by atoms with van der Waals surface area (Å²) in [5.41, 5.74) is 4.01. The van der Waals surface area contributed by atoms with Crippen LogP contribution in [0.3, 0.4) is 0 Å². The number of nitrogens with zero attached hydrogens (tertiary/aromatic N) is 4. The van der Waals surface area contributed by atoms with Crippen molar-refractivity contribution in [1.82, 2.24) is 20.0 Å². The zero-order chi connectivity index (χ0) is 14.0. The van der Waals surface area contributed by atoms with Gasteiger partial charge in [-0.1, -0.05) is 6.92 Å². The lowest BCUT2D eigenvalue weighted by atomic mass is 10.0. The van der Waals surface area contributed by atoms with Crippen LogP contribution in [-0.4, -0.2) is 25.8 Å². The molecule has 2 aromatic heterocycles. The van der Waals surface area contributed by atoms with E-state index in [0.29, 0.717) is 17.7 Å². The van der Waals surface area contributed by atoms with Gasteiger partial charge >= 0.3 is 0 Å². The van der Waals surface area contributed by atoms with Gasteiger partial charge in [-0.25, -0.2) is 0 Å². The average molecular weight is 258 g/mol. The van der Waals surface area contributed by atoms with Gasteiger partial charge in [0.1, 0.15) is 0 Å². The van der Waals surface area contributed by atoms with Crippen molar-refractivity contribution in [3.63, 3.8) is 0 Å². The van der Waals surface area contributed by atoms with Crippen molar-refractivity contribution < 1.29 is 4.79 Å². The second-order valence-electron chi connectivity index (χ2n) is 4.69. The van der Waals surface area contributed by atoms with Gasteiger partial charge in [0.05, 0.1) is 23.5 Å². The van der Waals surface area contributed by atoms with Gasteiger partial charge in [0.15, 0.2) is 5.78 Å². The highest BCUT2D eigenvalue weighted by Gasteiger charge is 2.14. The average Bonchev–Trinajstić information content (AvgIpc) is 2.73. The minimum Gasteiger partial charge on any atom is -0.294 e. The third-order valence-electron chi connectivity index (χ3n) is 3.13. The van der Waals surface area contributed by atoms with Crippen LogP contribution in [0, 0.1) is 13.8 Å². The fourth-order valence-corrected chi connectivity index (χ4v) is 2.00. The van der Waals surface area contributed by atoms with Crippen LogP contribution in [0.15, 0.2) is 12.1 Å². The van der Waals surface area contributed by atoms with E-state index in [9.17, 15) is 4.79 Å². The molecule has 0 unspecified atom stereocenters. The van der Waals surface area contributed by atoms with Crippen molar-refractivity contribution in [3.05, 3.63) is 40.5 Å². The van der Waals surface area contributed by atoms with Gasteiger partial charge in [0.25, 0.3) is 0 Å². The van der Waals surface area contributed by atoms with E-state index in [1.165, 1.54) is 0 Å². The lowest BCUT2D eigenvalue weighted by Crippen LogP contribution is -2.11. The second-order valence-corrected chi connectivity index (χ2v) is 4.69. The zero-order valence-corrected chi connectivity index (χ0v) is 11.8. The number of Topliss-reactive ketones (excluding diaryl/α,β-unsaturated/α-hetero) is 1. The van der Waals surface area contributed by atoms with Crippen molar-refractivity contribution >= 4 is 5.78 Å². The Hall–Kier alpha value is -2.04. The van der Waals surface area contributed by atoms with Gasteiger partial charge in [0, 0.05) is 18.3 Å². The third-order valence-corrected chi connectivity index (χ3v) is 3.13. The number of hydrogen-bond acceptors (Lipinski definition) is 4. The van der Waals surface area contributed by atoms with Gasteiger partial charge in [-0.15, -0.1) is 0 Å². The third kappa shape index (κ3) is 2.86. The first-order valence-corrected chi connectivity index (χ1v) is 6.37. The highest BCUT2D eigenvalue weighted by atomic mass is 16.1. The molecule has 2 aromatic rings. The summed E-state index contributed by atoms with van der Waals surface area (Å²) in [5, 5.41) is 12.3. The molecule has 5 heteroatoms. The Morgan fingerprint density at radius 3 is 2.63 bits per heavy atom. The molecule has 0 N–H and O–H groups in total. The first-order chi connectivity index (χ1) is 9.01. The van der Waals surface area contributed by atoms with Gasteiger partial charge < -0.3 is 0 Å². The summed E-state index contributed by atoms with van der Waals surface area (Å²) in [4.78, 5) is 12.3. The van der Waals surface area contributed by atoms with Crippen molar-refractivity contribution in [3.8, 4) is 0 Å². The lowest BCUT2D eigenvalue weighted by Gasteiger charge is -2.05. The summed E-state index contributed by atoms with van der Waals surface area (Å²) in [6.07, 6.45) is 1.21. The highest BCUT2D eigenvalue weighted by molar-refractivity contribution is 5.98. The quantitative estimate of drug-likeness (QED) is 0.785. The highest BCUT2D eigenvalue weighted by Crippen LogP contribution is 2.12. The summed E-state index contributed by atoms with van der Waals surface area (Å²) in [6, 6.07) is 3.77. The molecule has 5 nitrogen and oxygen atoms in total. The molecule has 2 heterocycles. The van der Waals surface area contributed by atoms with Crippen LogP contribution in [0.4, 0.5) is 0 Å². The Balaban J connectivity index is 2.25. The number of hydrogen-bond donors (Lipinski definition) is 0. The van der Waals surface area contributed by atoms with Crippen LogP contribution in [0.25, 0.3) is 0 Å². The maximum atomic E-state index is 12.3. The standard InChI is InChI=1S/C14H18N4O/c1-5-11-7-12(18(4)17-11)8-14(19)13-6-9(2)15-16-10(13)3/h6-7H,5,8H2,1-4H3. The molecule has 100 valence electrons. The fourth-order valence-electron chi connectivity index (χ4n) is 2.00. The predicted molar refractivity (Wildman–Crippen MR) is 72.1 cm³/mol. The number of carbonyl (C=O) groups is 1. The first-order valence-electron chi connectivity index (χ1n) is 6.37. The van der Waals surface area contributed by atoms with E-state index < -0.39 is 0 Å². The van der Waals surface area contributed by atoms with E-state index in [1.54, 1.807) is 17.7 Å². The maximum absolute atomic E-state index is 12.3. The monoisotopic (exact) mass is 258 g/mol. The topological polar surface area (TPSA) is 60.7 Å². The Labute approximate surface area is 112 Å². The Bertz CT molecular complexity index is 616. The normalized spacial score (nSPS) is 10.7. The molecule has 0 atom stereocenters. The summed E-state index contributed by atoms with van der Waals surface area (Å²) in [7, 11) is 1.87. The van der Waals surface area contributed by atoms with Gasteiger partial charge in [0.2, 0.25) is 0 Å². The molecule has 0 bridgehead atoms. The van der Waals surface area contributed by atoms with E-state index in [-0.39, 0.29) is 5.78 Å². The van der Waals surface area contributed by atoms with E-state index in [0.717, 1.165) is 23.5 Å². The minimum absolute atomic E-state index is 0.0566. The van der Waals surface area contributed by atoms with Crippen molar-refractivity contribution in [2.75, 3.05) is 0 Å². The molecule has 0 fully saturated rings. The molecule has 19 heavy (non-hydrogen) atoms. The zero-order valence-electron chi connectivity index (χ0n) is 11.8. The molecule has 0 spiro atoms. The van der Waals surface area contributed by atoms with E-state index in [1.807, 2.05) is 27.0 Å². The van der Waals surface area contributed by atoms with E-state index in [2.05, 4.69) is 15.3 Å². The van der Waals surface area contributed by atoms with Crippen LogP contribution >= 0.6 is 0 Å². The number of ketones is 1. The molecule has 0 aliphatic heterocycles. The Kier molecular flexibility index (Phi) is 3.74. The minimum atomic E-state index is 0.0566. The predicted octanol–water partition coefficient (Wildman–Crippen LogP) is 1.81.